The molecule has 1 saturated heterocycles. The summed E-state index contributed by atoms with van der Waals surface area (Å²) in [7, 11) is 0. The van der Waals surface area contributed by atoms with Crippen LogP contribution >= 0.6 is 0 Å². The monoisotopic (exact) mass is 255 g/mol. The highest BCUT2D eigenvalue weighted by molar-refractivity contribution is 5.75. The Morgan fingerprint density at radius 3 is 2.28 bits per heavy atom. The van der Waals surface area contributed by atoms with Crippen LogP contribution in [0.15, 0.2) is 0 Å². The summed E-state index contributed by atoms with van der Waals surface area (Å²) in [6.07, 6.45) is 9.53. The minimum atomic E-state index is 0.170. The lowest BCUT2D eigenvalue weighted by atomic mass is 10.1. The zero-order valence-electron chi connectivity index (χ0n) is 11.6. The van der Waals surface area contributed by atoms with Gasteiger partial charge in [-0.15, -0.1) is 0 Å². The molecule has 1 rings (SSSR count). The van der Waals surface area contributed by atoms with E-state index in [1.54, 1.807) is 0 Å². The molecule has 1 amide bonds. The molecule has 0 saturated carbocycles. The predicted octanol–water partition coefficient (Wildman–Crippen LogP) is 1.50. The van der Waals surface area contributed by atoms with Gasteiger partial charge >= 0.3 is 0 Å². The summed E-state index contributed by atoms with van der Waals surface area (Å²) in [4.78, 5) is 14.1. The maximum Gasteiger partial charge on any atom is 0.221 e. The van der Waals surface area contributed by atoms with E-state index in [0.717, 1.165) is 32.6 Å². The standard InChI is InChI=1S/C14H29N3O/c15-9-7-10-16-14(18)8-13-17-11-5-3-1-2-4-6-12-17/h1-13,15H2,(H,16,18). The van der Waals surface area contributed by atoms with E-state index in [1.807, 2.05) is 0 Å². The fourth-order valence-electron chi connectivity index (χ4n) is 2.39. The Labute approximate surface area is 111 Å². The van der Waals surface area contributed by atoms with Gasteiger partial charge in [0.1, 0.15) is 0 Å². The molecule has 0 aromatic rings. The number of carbonyl (C=O) groups is 1. The van der Waals surface area contributed by atoms with Crippen molar-refractivity contribution in [2.24, 2.45) is 5.73 Å². The molecule has 0 unspecified atom stereocenters. The summed E-state index contributed by atoms with van der Waals surface area (Å²) in [6, 6.07) is 0. The second kappa shape index (κ2) is 10.3. The van der Waals surface area contributed by atoms with Crippen LogP contribution in [-0.4, -0.2) is 43.5 Å². The Morgan fingerprint density at radius 2 is 1.67 bits per heavy atom. The van der Waals surface area contributed by atoms with Gasteiger partial charge in [-0.2, -0.15) is 0 Å². The molecular weight excluding hydrogens is 226 g/mol. The van der Waals surface area contributed by atoms with Crippen molar-refractivity contribution in [3.8, 4) is 0 Å². The molecule has 1 aliphatic heterocycles. The van der Waals surface area contributed by atoms with Gasteiger partial charge in [-0.05, 0) is 38.9 Å². The average Bonchev–Trinajstić information content (AvgIpc) is 2.50. The first-order valence-electron chi connectivity index (χ1n) is 7.52. The molecule has 4 heteroatoms. The molecule has 0 atom stereocenters. The lowest BCUT2D eigenvalue weighted by molar-refractivity contribution is -0.121. The quantitative estimate of drug-likeness (QED) is 0.707. The zero-order chi connectivity index (χ0) is 13.1. The molecule has 0 aromatic heterocycles. The summed E-state index contributed by atoms with van der Waals surface area (Å²) in [5.41, 5.74) is 5.39. The van der Waals surface area contributed by atoms with Crippen LogP contribution in [0, 0.1) is 0 Å². The minimum Gasteiger partial charge on any atom is -0.356 e. The molecule has 4 nitrogen and oxygen atoms in total. The number of hydrogen-bond donors (Lipinski definition) is 2. The highest BCUT2D eigenvalue weighted by Gasteiger charge is 2.09. The predicted molar refractivity (Wildman–Crippen MR) is 75.4 cm³/mol. The molecule has 1 aliphatic rings. The van der Waals surface area contributed by atoms with Crippen LogP contribution in [0.5, 0.6) is 0 Å². The smallest absolute Gasteiger partial charge is 0.221 e. The van der Waals surface area contributed by atoms with E-state index in [4.69, 9.17) is 5.73 Å². The second-order valence-corrected chi connectivity index (χ2v) is 5.21. The van der Waals surface area contributed by atoms with Crippen LogP contribution in [0.1, 0.15) is 51.4 Å². The fraction of sp³-hybridized carbons (Fsp3) is 0.929. The number of rotatable bonds is 6. The molecule has 106 valence electrons. The van der Waals surface area contributed by atoms with Crippen LogP contribution in [0.4, 0.5) is 0 Å². The lowest BCUT2D eigenvalue weighted by Crippen LogP contribution is -2.32. The molecule has 0 spiro atoms. The number of nitrogens with two attached hydrogens (primary N) is 1. The van der Waals surface area contributed by atoms with Gasteiger partial charge in [-0.3, -0.25) is 4.79 Å². The third-order valence-electron chi connectivity index (χ3n) is 3.56. The lowest BCUT2D eigenvalue weighted by Gasteiger charge is -2.21. The third-order valence-corrected chi connectivity index (χ3v) is 3.56. The third kappa shape index (κ3) is 7.67. The van der Waals surface area contributed by atoms with Gasteiger partial charge in [-0.25, -0.2) is 0 Å². The van der Waals surface area contributed by atoms with Crippen molar-refractivity contribution in [2.75, 3.05) is 32.7 Å². The van der Waals surface area contributed by atoms with Crippen LogP contribution in [0.25, 0.3) is 0 Å². The van der Waals surface area contributed by atoms with Gasteiger partial charge in [0.15, 0.2) is 0 Å². The van der Waals surface area contributed by atoms with E-state index in [2.05, 4.69) is 10.2 Å². The molecule has 0 bridgehead atoms. The van der Waals surface area contributed by atoms with E-state index >= 15 is 0 Å². The molecular formula is C14H29N3O. The molecule has 3 N–H and O–H groups in total. The van der Waals surface area contributed by atoms with E-state index in [1.165, 1.54) is 38.5 Å². The summed E-state index contributed by atoms with van der Waals surface area (Å²) < 4.78 is 0. The maximum atomic E-state index is 11.6. The van der Waals surface area contributed by atoms with E-state index in [9.17, 15) is 4.79 Å². The molecule has 1 heterocycles. The number of nitrogens with zero attached hydrogens (tertiary/aromatic N) is 1. The zero-order valence-corrected chi connectivity index (χ0v) is 11.6. The Kier molecular flexibility index (Phi) is 8.86. The van der Waals surface area contributed by atoms with Gasteiger partial charge in [0.2, 0.25) is 5.91 Å². The first-order chi connectivity index (χ1) is 8.83. The Bertz CT molecular complexity index is 211. The van der Waals surface area contributed by atoms with E-state index in [-0.39, 0.29) is 5.91 Å². The van der Waals surface area contributed by atoms with Gasteiger partial charge in [0.25, 0.3) is 0 Å². The van der Waals surface area contributed by atoms with Crippen molar-refractivity contribution in [2.45, 2.75) is 51.4 Å². The van der Waals surface area contributed by atoms with Crippen molar-refractivity contribution < 1.29 is 4.79 Å². The topological polar surface area (TPSA) is 58.4 Å². The molecule has 0 radical (unpaired) electrons. The van der Waals surface area contributed by atoms with Crippen molar-refractivity contribution >= 4 is 5.91 Å². The van der Waals surface area contributed by atoms with Crippen molar-refractivity contribution in [1.82, 2.24) is 10.2 Å². The number of amides is 1. The number of carbonyl (C=O) groups excluding carboxylic acids is 1. The highest BCUT2D eigenvalue weighted by Crippen LogP contribution is 2.11. The van der Waals surface area contributed by atoms with Gasteiger partial charge < -0.3 is 16.0 Å². The number of nitrogens with one attached hydrogen (secondary N) is 1. The maximum absolute atomic E-state index is 11.6. The Morgan fingerprint density at radius 1 is 1.06 bits per heavy atom. The second-order valence-electron chi connectivity index (χ2n) is 5.21. The first-order valence-corrected chi connectivity index (χ1v) is 7.52. The average molecular weight is 255 g/mol. The summed E-state index contributed by atoms with van der Waals surface area (Å²) >= 11 is 0. The van der Waals surface area contributed by atoms with Crippen molar-refractivity contribution in [3.05, 3.63) is 0 Å². The van der Waals surface area contributed by atoms with E-state index < -0.39 is 0 Å². The van der Waals surface area contributed by atoms with Crippen LogP contribution in [-0.2, 0) is 4.79 Å². The molecule has 0 aliphatic carbocycles. The summed E-state index contributed by atoms with van der Waals surface area (Å²) in [5, 5.41) is 2.92. The Balaban J connectivity index is 2.12. The Hall–Kier alpha value is -0.610. The number of hydrogen-bond acceptors (Lipinski definition) is 3. The molecule has 0 aromatic carbocycles. The van der Waals surface area contributed by atoms with Crippen molar-refractivity contribution in [3.63, 3.8) is 0 Å². The van der Waals surface area contributed by atoms with Crippen LogP contribution in [0.3, 0.4) is 0 Å². The van der Waals surface area contributed by atoms with Gasteiger partial charge in [0, 0.05) is 19.5 Å². The van der Waals surface area contributed by atoms with E-state index in [0.29, 0.717) is 13.0 Å². The molecule has 1 fully saturated rings. The minimum absolute atomic E-state index is 0.170. The van der Waals surface area contributed by atoms with Crippen molar-refractivity contribution in [1.29, 1.82) is 0 Å². The molecule has 18 heavy (non-hydrogen) atoms. The van der Waals surface area contributed by atoms with Gasteiger partial charge in [-0.1, -0.05) is 25.7 Å². The summed E-state index contributed by atoms with van der Waals surface area (Å²) in [5.74, 6) is 0.170. The van der Waals surface area contributed by atoms with Gasteiger partial charge in [0.05, 0.1) is 0 Å². The van der Waals surface area contributed by atoms with Crippen LogP contribution < -0.4 is 11.1 Å². The van der Waals surface area contributed by atoms with Crippen LogP contribution in [0.2, 0.25) is 0 Å². The first kappa shape index (κ1) is 15.4. The SMILES string of the molecule is NCCCNC(=O)CCN1CCCCCCCC1. The normalized spacial score (nSPS) is 18.7. The fourth-order valence-corrected chi connectivity index (χ4v) is 2.39. The largest absolute Gasteiger partial charge is 0.356 e. The highest BCUT2D eigenvalue weighted by atomic mass is 16.1. The summed E-state index contributed by atoms with van der Waals surface area (Å²) in [6.45, 7) is 4.60.